The first-order chi connectivity index (χ1) is 8.40. The molecule has 0 aliphatic heterocycles. The van der Waals surface area contributed by atoms with Crippen LogP contribution in [0, 0.1) is 18.3 Å². The van der Waals surface area contributed by atoms with E-state index in [-0.39, 0.29) is 39.9 Å². The average molecular weight is 450 g/mol. The molecular weight excluding hydrogens is 429 g/mol. The van der Waals surface area contributed by atoms with Crippen LogP contribution in [0.1, 0.15) is 44.9 Å². The fourth-order valence-electron chi connectivity index (χ4n) is 2.26. The van der Waals surface area contributed by atoms with E-state index < -0.39 is 17.4 Å². The predicted octanol–water partition coefficient (Wildman–Crippen LogP) is 2.75. The van der Waals surface area contributed by atoms with Gasteiger partial charge in [0, 0.05) is 0 Å². The standard InChI is InChI=1S/C7H13N.C6H8O4.Pt/c1-6-4-2-3-5-7(6)8;7-4(8)6(5(9)10)2-1-3-6;/h6-8H,1-5H2;1-3H2,(H,7,8)(H,9,10);/q-2;;+2. The Morgan fingerprint density at radius 1 is 1.05 bits per heavy atom. The molecule has 2 atom stereocenters. The number of rotatable bonds is 2. The van der Waals surface area contributed by atoms with Crippen LogP contribution in [0.15, 0.2) is 0 Å². The van der Waals surface area contributed by atoms with Crippen LogP contribution in [0.4, 0.5) is 0 Å². The zero-order chi connectivity index (χ0) is 13.8. The van der Waals surface area contributed by atoms with Gasteiger partial charge in [-0.1, -0.05) is 25.7 Å². The van der Waals surface area contributed by atoms with Gasteiger partial charge in [-0.2, -0.15) is 12.0 Å². The van der Waals surface area contributed by atoms with Crippen LogP contribution in [-0.4, -0.2) is 28.2 Å². The molecule has 0 radical (unpaired) electrons. The number of hydrogen-bond acceptors (Lipinski definition) is 2. The molecule has 0 aromatic heterocycles. The van der Waals surface area contributed by atoms with Crippen LogP contribution in [0.3, 0.4) is 0 Å². The van der Waals surface area contributed by atoms with Crippen LogP contribution in [0.5, 0.6) is 0 Å². The molecule has 2 aliphatic rings. The molecule has 19 heavy (non-hydrogen) atoms. The molecule has 5 nitrogen and oxygen atoms in total. The number of carboxylic acid groups (broad SMARTS) is 2. The molecule has 2 fully saturated rings. The van der Waals surface area contributed by atoms with Crippen molar-refractivity contribution in [1.82, 2.24) is 0 Å². The van der Waals surface area contributed by atoms with Crippen molar-refractivity contribution >= 4 is 11.9 Å². The zero-order valence-corrected chi connectivity index (χ0v) is 13.1. The van der Waals surface area contributed by atoms with Gasteiger partial charge in [0.2, 0.25) is 0 Å². The Bertz CT molecular complexity index is 292. The van der Waals surface area contributed by atoms with Gasteiger partial charge in [0.1, 0.15) is 0 Å². The Balaban J connectivity index is 0.000000331. The van der Waals surface area contributed by atoms with E-state index in [1.54, 1.807) is 0 Å². The van der Waals surface area contributed by atoms with Crippen molar-refractivity contribution in [2.24, 2.45) is 11.3 Å². The van der Waals surface area contributed by atoms with Gasteiger partial charge >= 0.3 is 33.0 Å². The van der Waals surface area contributed by atoms with Crippen molar-refractivity contribution in [3.8, 4) is 0 Å². The van der Waals surface area contributed by atoms with Gasteiger partial charge in [-0.25, -0.2) is 0 Å². The topological polar surface area (TPSA) is 98.4 Å². The minimum absolute atomic E-state index is 0. The van der Waals surface area contributed by atoms with Gasteiger partial charge in [0.25, 0.3) is 0 Å². The van der Waals surface area contributed by atoms with Crippen molar-refractivity contribution < 1.29 is 40.9 Å². The Kier molecular flexibility index (Phi) is 7.83. The summed E-state index contributed by atoms with van der Waals surface area (Å²) in [5, 5.41) is 16.9. The van der Waals surface area contributed by atoms with Crippen LogP contribution in [-0.2, 0) is 30.7 Å². The second kappa shape index (κ2) is 8.01. The number of hydrogen-bond donors (Lipinski definition) is 2. The molecule has 2 saturated carbocycles. The molecule has 0 aromatic rings. The Labute approximate surface area is 128 Å². The van der Waals surface area contributed by atoms with E-state index in [4.69, 9.17) is 15.9 Å². The van der Waals surface area contributed by atoms with Gasteiger partial charge < -0.3 is 22.9 Å². The maximum absolute atomic E-state index is 10.4. The summed E-state index contributed by atoms with van der Waals surface area (Å²) < 4.78 is 0. The van der Waals surface area contributed by atoms with Crippen LogP contribution >= 0.6 is 0 Å². The Morgan fingerprint density at radius 2 is 1.53 bits per heavy atom. The van der Waals surface area contributed by atoms with Crippen molar-refractivity contribution in [3.63, 3.8) is 0 Å². The molecule has 112 valence electrons. The minimum Gasteiger partial charge on any atom is -0.677 e. The maximum Gasteiger partial charge on any atom is 2.00 e. The third kappa shape index (κ3) is 4.57. The van der Waals surface area contributed by atoms with E-state index in [1.165, 1.54) is 19.3 Å². The maximum atomic E-state index is 10.4. The number of carbonyl (C=O) groups is 2. The molecule has 2 aliphatic carbocycles. The second-order valence-corrected chi connectivity index (χ2v) is 5.20. The van der Waals surface area contributed by atoms with E-state index >= 15 is 0 Å². The molecule has 6 heteroatoms. The van der Waals surface area contributed by atoms with Gasteiger partial charge in [0.05, 0.1) is 0 Å². The summed E-state index contributed by atoms with van der Waals surface area (Å²) in [6.07, 6.45) is 6.06. The van der Waals surface area contributed by atoms with Gasteiger partial charge in [-0.3, -0.25) is 9.59 Å². The Morgan fingerprint density at radius 3 is 1.68 bits per heavy atom. The third-order valence-corrected chi connectivity index (χ3v) is 3.93. The van der Waals surface area contributed by atoms with Crippen molar-refractivity contribution in [1.29, 1.82) is 0 Å². The molecule has 3 N–H and O–H groups in total. The largest absolute Gasteiger partial charge is 2.00 e. The molecule has 0 heterocycles. The van der Waals surface area contributed by atoms with E-state index in [2.05, 4.69) is 6.92 Å². The van der Waals surface area contributed by atoms with Crippen molar-refractivity contribution in [2.75, 3.05) is 0 Å². The van der Waals surface area contributed by atoms with Crippen molar-refractivity contribution in [3.05, 3.63) is 12.7 Å². The minimum atomic E-state index is -1.44. The van der Waals surface area contributed by atoms with Crippen LogP contribution < -0.4 is 0 Å². The zero-order valence-electron chi connectivity index (χ0n) is 10.8. The molecule has 2 unspecified atom stereocenters. The SMILES string of the molecule is O=C(O)C1(C(=O)O)CCC1.[CH2-]C1CCCCC1[NH-].[Pt+2]. The summed E-state index contributed by atoms with van der Waals surface area (Å²) in [5.74, 6) is -1.98. The predicted molar refractivity (Wildman–Crippen MR) is 67.0 cm³/mol. The first kappa shape index (κ1) is 18.6. The number of aliphatic carboxylic acids is 2. The second-order valence-electron chi connectivity index (χ2n) is 5.20. The van der Waals surface area contributed by atoms with Gasteiger partial charge in [0.15, 0.2) is 5.41 Å². The fraction of sp³-hybridized carbons (Fsp3) is 0.769. The monoisotopic (exact) mass is 450 g/mol. The van der Waals surface area contributed by atoms with Crippen molar-refractivity contribution in [2.45, 2.75) is 51.0 Å². The first-order valence-corrected chi connectivity index (χ1v) is 6.41. The molecular formula is C13H21NO4Pt. The third-order valence-electron chi connectivity index (χ3n) is 3.93. The van der Waals surface area contributed by atoms with Gasteiger partial charge in [-0.15, -0.1) is 0 Å². The molecule has 0 aromatic carbocycles. The smallest absolute Gasteiger partial charge is 0.677 e. The van der Waals surface area contributed by atoms with Gasteiger partial charge in [-0.05, 0) is 19.3 Å². The first-order valence-electron chi connectivity index (χ1n) is 6.41. The average Bonchev–Trinajstić information content (AvgIpc) is 2.20. The van der Waals surface area contributed by atoms with Crippen LogP contribution in [0.25, 0.3) is 5.73 Å². The molecule has 2 rings (SSSR count). The summed E-state index contributed by atoms with van der Waals surface area (Å²) >= 11 is 0. The van der Waals surface area contributed by atoms with E-state index in [9.17, 15) is 9.59 Å². The summed E-state index contributed by atoms with van der Waals surface area (Å²) in [6.45, 7) is 3.89. The molecule has 0 bridgehead atoms. The van der Waals surface area contributed by atoms with E-state index in [0.717, 1.165) is 6.42 Å². The molecule has 0 saturated heterocycles. The summed E-state index contributed by atoms with van der Waals surface area (Å²) in [5.41, 5.74) is 5.97. The number of nitrogens with one attached hydrogen (secondary N) is 1. The van der Waals surface area contributed by atoms with Crippen LogP contribution in [0.2, 0.25) is 0 Å². The number of carboxylic acids is 2. The quantitative estimate of drug-likeness (QED) is 0.499. The van der Waals surface area contributed by atoms with E-state index in [0.29, 0.717) is 12.3 Å². The summed E-state index contributed by atoms with van der Waals surface area (Å²) in [7, 11) is 0. The summed E-state index contributed by atoms with van der Waals surface area (Å²) in [6, 6.07) is 0.142. The molecule has 0 spiro atoms. The van der Waals surface area contributed by atoms with E-state index in [1.807, 2.05) is 0 Å². The normalized spacial score (nSPS) is 27.9. The Hall–Kier alpha value is -0.412. The molecule has 0 amide bonds. The fourth-order valence-corrected chi connectivity index (χ4v) is 2.26. The summed E-state index contributed by atoms with van der Waals surface area (Å²) in [4.78, 5) is 20.7.